The van der Waals surface area contributed by atoms with Gasteiger partial charge in [-0.3, -0.25) is 9.59 Å². The lowest BCUT2D eigenvalue weighted by Gasteiger charge is -2.22. The Morgan fingerprint density at radius 2 is 1.58 bits per heavy atom. The molecule has 0 N–H and O–H groups in total. The van der Waals surface area contributed by atoms with Gasteiger partial charge in [0.15, 0.2) is 11.0 Å². The average Bonchev–Trinajstić information content (AvgIpc) is 3.43. The van der Waals surface area contributed by atoms with E-state index in [1.54, 1.807) is 83.4 Å². The summed E-state index contributed by atoms with van der Waals surface area (Å²) in [6.45, 7) is 11.1. The molecule has 3 unspecified atom stereocenters. The summed E-state index contributed by atoms with van der Waals surface area (Å²) in [5.41, 5.74) is -0.815. The molecular formula is C39H43F6N5O8S. The number of rotatable bonds is 12. The zero-order valence-corrected chi connectivity index (χ0v) is 34.1. The summed E-state index contributed by atoms with van der Waals surface area (Å²) in [4.78, 5) is 53.8. The van der Waals surface area contributed by atoms with E-state index in [-0.39, 0.29) is 23.2 Å². The van der Waals surface area contributed by atoms with Crippen LogP contribution in [0.1, 0.15) is 59.0 Å². The number of aromatic nitrogens is 3. The Kier molecular flexibility index (Phi) is 15.8. The van der Waals surface area contributed by atoms with Crippen LogP contribution in [0.15, 0.2) is 71.9 Å². The highest BCUT2D eigenvalue weighted by Crippen LogP contribution is 2.60. The second-order valence-corrected chi connectivity index (χ2v) is 15.6. The van der Waals surface area contributed by atoms with E-state index < -0.39 is 53.7 Å². The van der Waals surface area contributed by atoms with E-state index in [1.165, 1.54) is 15.6 Å². The Hall–Kier alpha value is -5.58. The average molecular weight is 856 g/mol. The summed E-state index contributed by atoms with van der Waals surface area (Å²) in [6, 6.07) is 16.6. The van der Waals surface area contributed by atoms with Crippen molar-refractivity contribution in [2.24, 2.45) is 17.3 Å². The molecule has 1 aromatic heterocycles. The van der Waals surface area contributed by atoms with Crippen LogP contribution in [0.25, 0.3) is 0 Å². The van der Waals surface area contributed by atoms with Crippen LogP contribution in [0.3, 0.4) is 0 Å². The number of halogens is 6. The molecule has 0 saturated heterocycles. The Morgan fingerprint density at radius 3 is 2.12 bits per heavy atom. The number of allylic oxidation sites excluding steroid dienone is 1. The highest BCUT2D eigenvalue weighted by atomic mass is 32.2. The number of ether oxygens (including phenoxy) is 4. The van der Waals surface area contributed by atoms with Gasteiger partial charge in [-0.1, -0.05) is 82.8 Å². The Balaban J connectivity index is 0.000000375. The normalized spacial score (nSPS) is 16.6. The number of hydrogen-bond acceptors (Lipinski definition) is 12. The fourth-order valence-electron chi connectivity index (χ4n) is 5.22. The maximum atomic E-state index is 12.8. The van der Waals surface area contributed by atoms with E-state index in [1.807, 2.05) is 26.8 Å². The van der Waals surface area contributed by atoms with Crippen molar-refractivity contribution in [1.29, 1.82) is 5.26 Å². The van der Waals surface area contributed by atoms with Gasteiger partial charge in [0.2, 0.25) is 6.10 Å². The minimum atomic E-state index is -5.84. The summed E-state index contributed by atoms with van der Waals surface area (Å²) in [7, 11) is 3.28. The van der Waals surface area contributed by atoms with E-state index in [2.05, 4.69) is 14.8 Å². The molecule has 1 aliphatic carbocycles. The van der Waals surface area contributed by atoms with Crippen LogP contribution < -0.4 is 4.74 Å². The third kappa shape index (κ3) is 13.5. The van der Waals surface area contributed by atoms with Crippen LogP contribution in [0.4, 0.5) is 31.1 Å². The van der Waals surface area contributed by atoms with E-state index in [0.29, 0.717) is 40.7 Å². The first-order chi connectivity index (χ1) is 27.3. The standard InChI is InChI=1S/C26H21F6NO5.C13H22N4O3S/c1-24(2)18(11-12-20(34)38-23(25(27,28)29)26(30,31)32)21(24)22(35)37-19(14-33)15-7-6-10-17(13-15)36-16-8-4-3-5-9-16;1-7-20-9(18)8-21-11-14-10(13(2,3)4)15-17(11)12(19)16(5)6/h3-13,18-19,21,23H,1-2H3;7-8H2,1-6H3/b12-11-;. The zero-order valence-electron chi connectivity index (χ0n) is 33.3. The molecule has 0 radical (unpaired) electrons. The van der Waals surface area contributed by atoms with E-state index in [9.17, 15) is 50.8 Å². The summed E-state index contributed by atoms with van der Waals surface area (Å²) in [5.74, 6) is -3.14. The first-order valence-corrected chi connectivity index (χ1v) is 18.7. The molecule has 0 spiro atoms. The van der Waals surface area contributed by atoms with Gasteiger partial charge in [-0.05, 0) is 42.5 Å². The predicted octanol–water partition coefficient (Wildman–Crippen LogP) is 8.21. The van der Waals surface area contributed by atoms with Crippen LogP contribution >= 0.6 is 11.8 Å². The topological polar surface area (TPSA) is 163 Å². The molecule has 320 valence electrons. The minimum Gasteiger partial charge on any atom is -0.465 e. The Morgan fingerprint density at radius 1 is 0.966 bits per heavy atom. The van der Waals surface area contributed by atoms with Gasteiger partial charge in [0.25, 0.3) is 6.10 Å². The summed E-state index contributed by atoms with van der Waals surface area (Å²) >= 11 is 1.15. The highest BCUT2D eigenvalue weighted by molar-refractivity contribution is 7.99. The molecule has 3 atom stereocenters. The van der Waals surface area contributed by atoms with Crippen LogP contribution in [0, 0.1) is 28.6 Å². The second kappa shape index (κ2) is 19.4. The third-order valence-electron chi connectivity index (χ3n) is 8.36. The molecule has 1 fully saturated rings. The Labute approximate surface area is 340 Å². The van der Waals surface area contributed by atoms with Gasteiger partial charge >= 0.3 is 36.3 Å². The molecule has 1 amide bonds. The molecule has 1 aliphatic rings. The third-order valence-corrected chi connectivity index (χ3v) is 9.26. The number of benzene rings is 2. The van der Waals surface area contributed by atoms with Crippen molar-refractivity contribution in [1.82, 2.24) is 19.7 Å². The molecular weight excluding hydrogens is 813 g/mol. The van der Waals surface area contributed by atoms with Crippen molar-refractivity contribution in [3.63, 3.8) is 0 Å². The van der Waals surface area contributed by atoms with Crippen LogP contribution in [0.2, 0.25) is 0 Å². The van der Waals surface area contributed by atoms with Crippen LogP contribution in [0.5, 0.6) is 11.5 Å². The molecule has 2 aromatic carbocycles. The molecule has 20 heteroatoms. The predicted molar refractivity (Wildman–Crippen MR) is 200 cm³/mol. The van der Waals surface area contributed by atoms with Gasteiger partial charge in [0.1, 0.15) is 17.6 Å². The SMILES string of the molecule is CC1(C)C(/C=C\C(=O)OC(C(F)(F)F)C(F)(F)F)C1C(=O)OC(C#N)c1cccc(Oc2ccccc2)c1.CCOC(=O)CSc1nc(C(C)(C)C)nn1C(=O)N(C)C. The number of carbonyl (C=O) groups excluding carboxylic acids is 4. The molecule has 59 heavy (non-hydrogen) atoms. The maximum absolute atomic E-state index is 12.8. The molecule has 4 rings (SSSR count). The molecule has 0 bridgehead atoms. The van der Waals surface area contributed by atoms with Crippen molar-refractivity contribution in [2.75, 3.05) is 26.5 Å². The van der Waals surface area contributed by atoms with E-state index >= 15 is 0 Å². The minimum absolute atomic E-state index is 0.0941. The number of carbonyl (C=O) groups is 4. The zero-order chi connectivity index (χ0) is 44.5. The summed E-state index contributed by atoms with van der Waals surface area (Å²) in [5, 5.41) is 14.2. The monoisotopic (exact) mass is 855 g/mol. The Bertz CT molecular complexity index is 2010. The number of hydrogen-bond donors (Lipinski definition) is 0. The van der Waals surface area contributed by atoms with Crippen molar-refractivity contribution < 1.29 is 64.5 Å². The fourth-order valence-corrected chi connectivity index (χ4v) is 5.94. The van der Waals surface area contributed by atoms with Gasteiger partial charge in [-0.2, -0.15) is 36.3 Å². The van der Waals surface area contributed by atoms with Crippen molar-refractivity contribution in [2.45, 2.75) is 76.7 Å². The van der Waals surface area contributed by atoms with Crippen molar-refractivity contribution >= 4 is 35.7 Å². The van der Waals surface area contributed by atoms with Gasteiger partial charge < -0.3 is 23.8 Å². The number of nitriles is 1. The molecule has 13 nitrogen and oxygen atoms in total. The van der Waals surface area contributed by atoms with Crippen LogP contribution in [-0.2, 0) is 34.0 Å². The summed E-state index contributed by atoms with van der Waals surface area (Å²) < 4.78 is 96.3. The fraction of sp³-hybridized carbons (Fsp3) is 0.462. The van der Waals surface area contributed by atoms with Crippen molar-refractivity contribution in [3.8, 4) is 17.6 Å². The lowest BCUT2D eigenvalue weighted by Crippen LogP contribution is -2.45. The number of nitrogens with zero attached hydrogens (tertiary/aromatic N) is 5. The molecule has 1 saturated carbocycles. The molecule has 3 aromatic rings. The summed E-state index contributed by atoms with van der Waals surface area (Å²) in [6.07, 6.45) is -15.9. The van der Waals surface area contributed by atoms with Gasteiger partial charge in [0, 0.05) is 31.1 Å². The largest absolute Gasteiger partial charge is 0.465 e. The van der Waals surface area contributed by atoms with Crippen LogP contribution in [-0.4, -0.2) is 88.5 Å². The molecule has 1 heterocycles. The number of thioether (sulfide) groups is 1. The molecule has 0 aliphatic heterocycles. The highest BCUT2D eigenvalue weighted by Gasteiger charge is 2.62. The number of esters is 3. The van der Waals surface area contributed by atoms with E-state index in [0.717, 1.165) is 17.8 Å². The number of amides is 1. The van der Waals surface area contributed by atoms with E-state index in [4.69, 9.17) is 14.2 Å². The second-order valence-electron chi connectivity index (χ2n) is 14.7. The van der Waals surface area contributed by atoms with Crippen molar-refractivity contribution in [3.05, 3.63) is 78.1 Å². The quantitative estimate of drug-likeness (QED) is 0.0565. The smallest absolute Gasteiger partial charge is 0.434 e. The lowest BCUT2D eigenvalue weighted by molar-refractivity contribution is -0.312. The lowest BCUT2D eigenvalue weighted by atomic mass is 9.96. The van der Waals surface area contributed by atoms with Gasteiger partial charge in [0.05, 0.1) is 18.3 Å². The van der Waals surface area contributed by atoms with Gasteiger partial charge in [-0.15, -0.1) is 5.10 Å². The first kappa shape index (κ1) is 47.8. The number of alkyl halides is 6. The maximum Gasteiger partial charge on any atom is 0.434 e. The van der Waals surface area contributed by atoms with Gasteiger partial charge in [-0.25, -0.2) is 14.6 Å². The number of para-hydroxylation sites is 1. The first-order valence-electron chi connectivity index (χ1n) is 17.7.